The molecular weight excluding hydrogens is 266 g/mol. The van der Waals surface area contributed by atoms with E-state index in [-0.39, 0.29) is 10.9 Å². The van der Waals surface area contributed by atoms with E-state index in [1.807, 2.05) is 13.0 Å². The quantitative estimate of drug-likeness (QED) is 0.933. The third kappa shape index (κ3) is 4.01. The van der Waals surface area contributed by atoms with Gasteiger partial charge in [0.15, 0.2) is 0 Å². The fourth-order valence-electron chi connectivity index (χ4n) is 1.63. The van der Waals surface area contributed by atoms with Crippen molar-refractivity contribution in [3.8, 4) is 0 Å². The van der Waals surface area contributed by atoms with Gasteiger partial charge in [0.25, 0.3) is 0 Å². The van der Waals surface area contributed by atoms with Crippen molar-refractivity contribution in [3.05, 3.63) is 53.7 Å². The smallest absolute Gasteiger partial charge is 0.137 e. The summed E-state index contributed by atoms with van der Waals surface area (Å²) < 4.78 is 26.5. The van der Waals surface area contributed by atoms with Crippen LogP contribution in [0.15, 0.2) is 46.5 Å². The number of halogens is 2. The van der Waals surface area contributed by atoms with E-state index in [1.165, 1.54) is 0 Å². The van der Waals surface area contributed by atoms with Crippen molar-refractivity contribution < 1.29 is 8.78 Å². The Morgan fingerprint density at radius 2 is 2.05 bits per heavy atom. The summed E-state index contributed by atoms with van der Waals surface area (Å²) in [5, 5.41) is 0.623. The van der Waals surface area contributed by atoms with E-state index < -0.39 is 11.6 Å². The molecule has 0 saturated carbocycles. The van der Waals surface area contributed by atoms with Crippen LogP contribution in [0.5, 0.6) is 0 Å². The summed E-state index contributed by atoms with van der Waals surface area (Å²) in [6.07, 6.45) is 2.45. The molecule has 1 atom stereocenters. The second-order valence-corrected chi connectivity index (χ2v) is 5.43. The summed E-state index contributed by atoms with van der Waals surface area (Å²) >= 11 is 1.10. The Morgan fingerprint density at radius 3 is 2.68 bits per heavy atom. The molecule has 1 aromatic carbocycles. The van der Waals surface area contributed by atoms with Crippen molar-refractivity contribution in [2.24, 2.45) is 5.73 Å². The number of nitrogens with two attached hydrogens (primary N) is 1. The molecule has 2 nitrogen and oxygen atoms in total. The van der Waals surface area contributed by atoms with Crippen molar-refractivity contribution in [1.29, 1.82) is 0 Å². The minimum Gasteiger partial charge on any atom is -0.328 e. The number of aromatic nitrogens is 1. The predicted molar refractivity (Wildman–Crippen MR) is 72.1 cm³/mol. The van der Waals surface area contributed by atoms with Gasteiger partial charge in [0.1, 0.15) is 16.7 Å². The van der Waals surface area contributed by atoms with E-state index in [4.69, 9.17) is 5.73 Å². The Bertz CT molecular complexity index is 556. The summed E-state index contributed by atoms with van der Waals surface area (Å²) in [5.41, 5.74) is 6.73. The molecule has 0 aliphatic carbocycles. The van der Waals surface area contributed by atoms with Crippen LogP contribution in [0, 0.1) is 11.6 Å². The van der Waals surface area contributed by atoms with Crippen LogP contribution in [0.3, 0.4) is 0 Å². The predicted octanol–water partition coefficient (Wildman–Crippen LogP) is 3.40. The Kier molecular flexibility index (Phi) is 4.50. The zero-order valence-corrected chi connectivity index (χ0v) is 11.3. The number of nitrogens with zero attached hydrogens (tertiary/aromatic N) is 1. The fraction of sp³-hybridized carbons (Fsp3) is 0.214. The van der Waals surface area contributed by atoms with Crippen LogP contribution >= 0.6 is 11.8 Å². The second-order valence-electron chi connectivity index (χ2n) is 4.36. The molecule has 0 spiro atoms. The average molecular weight is 280 g/mol. The van der Waals surface area contributed by atoms with Gasteiger partial charge in [0, 0.05) is 12.2 Å². The monoisotopic (exact) mass is 280 g/mol. The highest BCUT2D eigenvalue weighted by Gasteiger charge is 2.07. The van der Waals surface area contributed by atoms with Gasteiger partial charge >= 0.3 is 0 Å². The molecule has 0 amide bonds. The molecule has 2 N–H and O–H groups in total. The topological polar surface area (TPSA) is 38.9 Å². The molecule has 100 valence electrons. The lowest BCUT2D eigenvalue weighted by Crippen LogP contribution is -2.17. The minimum atomic E-state index is -0.461. The van der Waals surface area contributed by atoms with Gasteiger partial charge < -0.3 is 5.73 Å². The molecule has 2 rings (SSSR count). The molecule has 0 saturated heterocycles. The van der Waals surface area contributed by atoms with Crippen LogP contribution in [-0.2, 0) is 6.42 Å². The summed E-state index contributed by atoms with van der Waals surface area (Å²) in [6, 6.07) is 7.13. The largest absolute Gasteiger partial charge is 0.328 e. The Morgan fingerprint density at radius 1 is 1.26 bits per heavy atom. The number of hydrogen-bond acceptors (Lipinski definition) is 3. The third-order valence-electron chi connectivity index (χ3n) is 2.46. The van der Waals surface area contributed by atoms with Crippen molar-refractivity contribution in [3.63, 3.8) is 0 Å². The van der Waals surface area contributed by atoms with Crippen LogP contribution in [0.1, 0.15) is 12.5 Å². The Hall–Kier alpha value is -1.46. The van der Waals surface area contributed by atoms with Crippen LogP contribution in [0.25, 0.3) is 0 Å². The normalized spacial score (nSPS) is 12.4. The second kappa shape index (κ2) is 6.12. The van der Waals surface area contributed by atoms with Gasteiger partial charge in [-0.2, -0.15) is 0 Å². The maximum Gasteiger partial charge on any atom is 0.137 e. The SMILES string of the molecule is CC(N)Cc1ccc(Sc2cc(F)ccc2F)nc1. The summed E-state index contributed by atoms with van der Waals surface area (Å²) in [6.45, 7) is 1.92. The van der Waals surface area contributed by atoms with Crippen LogP contribution < -0.4 is 5.73 Å². The first kappa shape index (κ1) is 14.0. The standard InChI is InChI=1S/C14H14F2N2S/c1-9(17)6-10-2-5-14(18-8-10)19-13-7-11(15)3-4-12(13)16/h2-5,7-9H,6,17H2,1H3. The van der Waals surface area contributed by atoms with Crippen molar-refractivity contribution in [2.75, 3.05) is 0 Å². The molecule has 0 aliphatic rings. The summed E-state index contributed by atoms with van der Waals surface area (Å²) in [7, 11) is 0. The van der Waals surface area contributed by atoms with E-state index in [9.17, 15) is 8.78 Å². The lowest BCUT2D eigenvalue weighted by atomic mass is 10.1. The third-order valence-corrected chi connectivity index (χ3v) is 3.45. The molecule has 0 aliphatic heterocycles. The zero-order chi connectivity index (χ0) is 13.8. The first-order chi connectivity index (χ1) is 9.04. The molecule has 19 heavy (non-hydrogen) atoms. The minimum absolute atomic E-state index is 0.0703. The molecule has 0 fully saturated rings. The van der Waals surface area contributed by atoms with E-state index in [0.29, 0.717) is 5.03 Å². The van der Waals surface area contributed by atoms with Crippen LogP contribution in [-0.4, -0.2) is 11.0 Å². The number of rotatable bonds is 4. The van der Waals surface area contributed by atoms with Gasteiger partial charge in [0.05, 0.1) is 4.90 Å². The van der Waals surface area contributed by atoms with Gasteiger partial charge in [-0.1, -0.05) is 17.8 Å². The van der Waals surface area contributed by atoms with Crippen LogP contribution in [0.4, 0.5) is 8.78 Å². The number of hydrogen-bond donors (Lipinski definition) is 1. The molecule has 0 bridgehead atoms. The molecule has 1 unspecified atom stereocenters. The maximum absolute atomic E-state index is 13.5. The van der Waals surface area contributed by atoms with Gasteiger partial charge in [0.2, 0.25) is 0 Å². The summed E-state index contributed by atoms with van der Waals surface area (Å²) in [5.74, 6) is -0.912. The Balaban J connectivity index is 2.13. The lowest BCUT2D eigenvalue weighted by Gasteiger charge is -2.06. The van der Waals surface area contributed by atoms with Gasteiger partial charge in [-0.15, -0.1) is 0 Å². The molecule has 0 radical (unpaired) electrons. The molecule has 1 aromatic heterocycles. The number of benzene rings is 1. The highest BCUT2D eigenvalue weighted by molar-refractivity contribution is 7.99. The van der Waals surface area contributed by atoms with Crippen molar-refractivity contribution in [1.82, 2.24) is 4.98 Å². The Labute approximate surface area is 115 Å². The van der Waals surface area contributed by atoms with Gasteiger partial charge in [-0.25, -0.2) is 13.8 Å². The van der Waals surface area contributed by atoms with E-state index >= 15 is 0 Å². The molecule has 1 heterocycles. The lowest BCUT2D eigenvalue weighted by molar-refractivity contribution is 0.577. The average Bonchev–Trinajstić information content (AvgIpc) is 2.35. The van der Waals surface area contributed by atoms with Crippen molar-refractivity contribution in [2.45, 2.75) is 29.3 Å². The zero-order valence-electron chi connectivity index (χ0n) is 10.4. The molecule has 5 heteroatoms. The van der Waals surface area contributed by atoms with Crippen molar-refractivity contribution >= 4 is 11.8 Å². The molecule has 2 aromatic rings. The van der Waals surface area contributed by atoms with E-state index in [1.54, 1.807) is 12.3 Å². The maximum atomic E-state index is 13.5. The van der Waals surface area contributed by atoms with E-state index in [2.05, 4.69) is 4.98 Å². The van der Waals surface area contributed by atoms with E-state index in [0.717, 1.165) is 41.9 Å². The first-order valence-corrected chi connectivity index (χ1v) is 6.69. The highest BCUT2D eigenvalue weighted by Crippen LogP contribution is 2.28. The highest BCUT2D eigenvalue weighted by atomic mass is 32.2. The number of pyridine rings is 1. The molecular formula is C14H14F2N2S. The van der Waals surface area contributed by atoms with Gasteiger partial charge in [-0.05, 0) is 43.2 Å². The first-order valence-electron chi connectivity index (χ1n) is 5.88. The van der Waals surface area contributed by atoms with Crippen LogP contribution in [0.2, 0.25) is 0 Å². The summed E-state index contributed by atoms with van der Waals surface area (Å²) in [4.78, 5) is 4.45. The van der Waals surface area contributed by atoms with Gasteiger partial charge in [-0.3, -0.25) is 0 Å². The fourth-order valence-corrected chi connectivity index (χ4v) is 2.44.